The van der Waals surface area contributed by atoms with Crippen LogP contribution in [0.1, 0.15) is 23.2 Å². The summed E-state index contributed by atoms with van der Waals surface area (Å²) in [6, 6.07) is 3.48. The van der Waals surface area contributed by atoms with E-state index in [1.165, 1.54) is 12.1 Å². The summed E-state index contributed by atoms with van der Waals surface area (Å²) < 4.78 is 38.3. The van der Waals surface area contributed by atoms with Gasteiger partial charge in [-0.15, -0.1) is 0 Å². The summed E-state index contributed by atoms with van der Waals surface area (Å²) in [7, 11) is 0. The molecule has 0 aromatic heterocycles. The Morgan fingerprint density at radius 1 is 1.41 bits per heavy atom. The van der Waals surface area contributed by atoms with Crippen molar-refractivity contribution in [2.24, 2.45) is 5.92 Å². The molecule has 1 aliphatic heterocycles. The molecular weight excluding hydrogens is 303 g/mol. The van der Waals surface area contributed by atoms with Crippen LogP contribution in [0.5, 0.6) is 0 Å². The number of nitro benzene ring substituents is 1. The van der Waals surface area contributed by atoms with Crippen LogP contribution in [0.25, 0.3) is 0 Å². The van der Waals surface area contributed by atoms with Gasteiger partial charge in [0.1, 0.15) is 5.69 Å². The zero-order valence-electron chi connectivity index (χ0n) is 11.5. The average Bonchev–Trinajstić information content (AvgIpc) is 2.46. The summed E-state index contributed by atoms with van der Waals surface area (Å²) >= 11 is 0. The topological polar surface area (TPSA) is 89.5 Å². The number of carbonyl (C=O) groups excluding carboxylic acids is 1. The third kappa shape index (κ3) is 3.29. The highest BCUT2D eigenvalue weighted by molar-refractivity contribution is 5.95. The number of anilines is 1. The van der Waals surface area contributed by atoms with Gasteiger partial charge in [-0.05, 0) is 25.0 Å². The molecule has 120 valence electrons. The maximum Gasteiger partial charge on any atom is 0.393 e. The maximum absolute atomic E-state index is 12.8. The van der Waals surface area contributed by atoms with Gasteiger partial charge in [0.25, 0.3) is 11.6 Å². The SMILES string of the molecule is Nc1ccc(C(=O)N2CCCC(C(F)(F)F)C2)cc1[N+](=O)[O-]. The summed E-state index contributed by atoms with van der Waals surface area (Å²) in [4.78, 5) is 23.4. The van der Waals surface area contributed by atoms with Crippen molar-refractivity contribution in [2.45, 2.75) is 19.0 Å². The molecule has 0 saturated carbocycles. The number of amides is 1. The Hall–Kier alpha value is -2.32. The number of halogens is 3. The molecule has 0 spiro atoms. The Bertz CT molecular complexity index is 604. The number of nitro groups is 1. The van der Waals surface area contributed by atoms with Gasteiger partial charge in [-0.1, -0.05) is 0 Å². The first-order chi connectivity index (χ1) is 10.2. The lowest BCUT2D eigenvalue weighted by Crippen LogP contribution is -2.44. The first kappa shape index (κ1) is 16.1. The molecule has 1 aromatic carbocycles. The number of nitrogens with zero attached hydrogens (tertiary/aromatic N) is 2. The quantitative estimate of drug-likeness (QED) is 0.516. The summed E-state index contributed by atoms with van der Waals surface area (Å²) in [6.45, 7) is -0.232. The van der Waals surface area contributed by atoms with Crippen LogP contribution in [0.2, 0.25) is 0 Å². The summed E-state index contributed by atoms with van der Waals surface area (Å²) in [5, 5.41) is 10.8. The van der Waals surface area contributed by atoms with Crippen molar-refractivity contribution in [1.82, 2.24) is 4.90 Å². The number of rotatable bonds is 2. The summed E-state index contributed by atoms with van der Waals surface area (Å²) in [5.74, 6) is -2.22. The molecule has 2 rings (SSSR count). The van der Waals surface area contributed by atoms with E-state index in [0.29, 0.717) is 0 Å². The van der Waals surface area contributed by atoms with Gasteiger partial charge in [0.05, 0.1) is 10.8 Å². The van der Waals surface area contributed by atoms with E-state index in [1.807, 2.05) is 0 Å². The number of likely N-dealkylation sites (tertiary alicyclic amines) is 1. The molecule has 1 aliphatic rings. The highest BCUT2D eigenvalue weighted by atomic mass is 19.4. The van der Waals surface area contributed by atoms with Gasteiger partial charge in [0.2, 0.25) is 0 Å². The second-order valence-corrected chi connectivity index (χ2v) is 5.16. The number of nitrogen functional groups attached to an aromatic ring is 1. The van der Waals surface area contributed by atoms with Crippen molar-refractivity contribution in [3.05, 3.63) is 33.9 Å². The molecule has 0 aliphatic carbocycles. The van der Waals surface area contributed by atoms with Crippen molar-refractivity contribution >= 4 is 17.3 Å². The normalized spacial score (nSPS) is 19.0. The lowest BCUT2D eigenvalue weighted by atomic mass is 9.97. The molecule has 2 N–H and O–H groups in total. The molecule has 0 bridgehead atoms. The third-order valence-electron chi connectivity index (χ3n) is 3.65. The molecule has 1 fully saturated rings. The van der Waals surface area contributed by atoms with Gasteiger partial charge in [0, 0.05) is 24.7 Å². The van der Waals surface area contributed by atoms with Gasteiger partial charge in [-0.2, -0.15) is 13.2 Å². The van der Waals surface area contributed by atoms with Gasteiger partial charge in [-0.25, -0.2) is 0 Å². The molecule has 1 unspecified atom stereocenters. The zero-order chi connectivity index (χ0) is 16.5. The molecule has 9 heteroatoms. The average molecular weight is 317 g/mol. The zero-order valence-corrected chi connectivity index (χ0v) is 11.5. The lowest BCUT2D eigenvalue weighted by molar-refractivity contribution is -0.383. The number of piperidine rings is 1. The largest absolute Gasteiger partial charge is 0.393 e. The molecule has 1 amide bonds. The lowest BCUT2D eigenvalue weighted by Gasteiger charge is -2.33. The molecular formula is C13H14F3N3O3. The van der Waals surface area contributed by atoms with E-state index in [9.17, 15) is 28.1 Å². The minimum absolute atomic E-state index is 0.0187. The van der Waals surface area contributed by atoms with Crippen molar-refractivity contribution in [1.29, 1.82) is 0 Å². The maximum atomic E-state index is 12.8. The minimum atomic E-state index is -4.36. The monoisotopic (exact) mass is 317 g/mol. The second kappa shape index (κ2) is 5.82. The van der Waals surface area contributed by atoms with Crippen LogP contribution in [0.4, 0.5) is 24.5 Å². The van der Waals surface area contributed by atoms with Crippen LogP contribution < -0.4 is 5.73 Å². The van der Waals surface area contributed by atoms with E-state index in [2.05, 4.69) is 0 Å². The molecule has 1 saturated heterocycles. The van der Waals surface area contributed by atoms with Crippen molar-refractivity contribution in [3.8, 4) is 0 Å². The standard InChI is InChI=1S/C13H14F3N3O3/c14-13(15,16)9-2-1-5-18(7-9)12(20)8-3-4-10(17)11(6-8)19(21)22/h3-4,6,9H,1-2,5,7,17H2. The van der Waals surface area contributed by atoms with Crippen LogP contribution in [-0.2, 0) is 0 Å². The van der Waals surface area contributed by atoms with Gasteiger partial charge < -0.3 is 10.6 Å². The molecule has 1 aromatic rings. The van der Waals surface area contributed by atoms with E-state index in [1.54, 1.807) is 0 Å². The van der Waals surface area contributed by atoms with E-state index < -0.39 is 35.2 Å². The van der Waals surface area contributed by atoms with E-state index >= 15 is 0 Å². The van der Waals surface area contributed by atoms with Gasteiger partial charge in [-0.3, -0.25) is 14.9 Å². The fourth-order valence-electron chi connectivity index (χ4n) is 2.45. The van der Waals surface area contributed by atoms with E-state index in [-0.39, 0.29) is 30.6 Å². The molecule has 22 heavy (non-hydrogen) atoms. The Labute approximate surface area is 123 Å². The van der Waals surface area contributed by atoms with Crippen molar-refractivity contribution < 1.29 is 22.9 Å². The highest BCUT2D eigenvalue weighted by Crippen LogP contribution is 2.34. The minimum Gasteiger partial charge on any atom is -0.393 e. The van der Waals surface area contributed by atoms with Crippen LogP contribution in [0.3, 0.4) is 0 Å². The van der Waals surface area contributed by atoms with Crippen LogP contribution in [0, 0.1) is 16.0 Å². The molecule has 6 nitrogen and oxygen atoms in total. The number of hydrogen-bond acceptors (Lipinski definition) is 4. The fraction of sp³-hybridized carbons (Fsp3) is 0.462. The Kier molecular flexibility index (Phi) is 4.25. The predicted molar refractivity (Wildman–Crippen MR) is 72.2 cm³/mol. The first-order valence-electron chi connectivity index (χ1n) is 6.60. The fourth-order valence-corrected chi connectivity index (χ4v) is 2.45. The van der Waals surface area contributed by atoms with Crippen molar-refractivity contribution in [3.63, 3.8) is 0 Å². The van der Waals surface area contributed by atoms with Crippen LogP contribution >= 0.6 is 0 Å². The smallest absolute Gasteiger partial charge is 0.393 e. The third-order valence-corrected chi connectivity index (χ3v) is 3.65. The Morgan fingerprint density at radius 3 is 2.68 bits per heavy atom. The number of carbonyl (C=O) groups is 1. The number of benzene rings is 1. The van der Waals surface area contributed by atoms with Crippen LogP contribution in [0.15, 0.2) is 18.2 Å². The summed E-state index contributed by atoms with van der Waals surface area (Å²) in [6.07, 6.45) is -4.13. The number of nitrogens with two attached hydrogens (primary N) is 1. The van der Waals surface area contributed by atoms with Crippen LogP contribution in [-0.4, -0.2) is 35.0 Å². The summed E-state index contributed by atoms with van der Waals surface area (Å²) in [5.41, 5.74) is 4.86. The van der Waals surface area contributed by atoms with E-state index in [4.69, 9.17) is 5.73 Å². The first-order valence-corrected chi connectivity index (χ1v) is 6.60. The predicted octanol–water partition coefficient (Wildman–Crippen LogP) is 2.59. The second-order valence-electron chi connectivity index (χ2n) is 5.16. The number of hydrogen-bond donors (Lipinski definition) is 1. The number of alkyl halides is 3. The Balaban J connectivity index is 2.21. The molecule has 0 radical (unpaired) electrons. The molecule has 1 atom stereocenters. The van der Waals surface area contributed by atoms with Crippen molar-refractivity contribution in [2.75, 3.05) is 18.8 Å². The molecule has 1 heterocycles. The Morgan fingerprint density at radius 2 is 2.09 bits per heavy atom. The van der Waals surface area contributed by atoms with Gasteiger partial charge >= 0.3 is 6.18 Å². The van der Waals surface area contributed by atoms with E-state index in [0.717, 1.165) is 11.0 Å². The highest BCUT2D eigenvalue weighted by Gasteiger charge is 2.42. The van der Waals surface area contributed by atoms with Gasteiger partial charge in [0.15, 0.2) is 0 Å².